The van der Waals surface area contributed by atoms with Gasteiger partial charge in [0.15, 0.2) is 13.2 Å². The fraction of sp³-hybridized carbons (Fsp3) is 0.364. The number of para-hydroxylation sites is 1. The Balaban J connectivity index is 1.45. The highest BCUT2D eigenvalue weighted by Gasteiger charge is 2.30. The first kappa shape index (κ1) is 24.0. The number of carbonyl (C=O) groups is 2. The largest absolute Gasteiger partial charge is 0.481 e. The Morgan fingerprint density at radius 1 is 0.938 bits per heavy atom. The number of benzene rings is 2. The van der Waals surface area contributed by atoms with Crippen LogP contribution in [0, 0.1) is 13.8 Å². The maximum absolute atomic E-state index is 12.7. The van der Waals surface area contributed by atoms with Crippen molar-refractivity contribution in [1.29, 1.82) is 0 Å². The number of sulfonamides is 1. The Morgan fingerprint density at radius 3 is 2.12 bits per heavy atom. The van der Waals surface area contributed by atoms with Crippen molar-refractivity contribution in [3.63, 3.8) is 0 Å². The summed E-state index contributed by atoms with van der Waals surface area (Å²) >= 11 is 5.82. The molecule has 2 aromatic rings. The number of ether oxygens (including phenoxy) is 2. The second-order valence-electron chi connectivity index (χ2n) is 7.41. The van der Waals surface area contributed by atoms with Gasteiger partial charge in [0.25, 0.3) is 5.91 Å². The number of amides is 1. The minimum atomic E-state index is -3.66. The van der Waals surface area contributed by atoms with Crippen LogP contribution in [0.4, 0.5) is 0 Å². The molecule has 1 heterocycles. The Morgan fingerprint density at radius 2 is 1.53 bits per heavy atom. The first-order valence-corrected chi connectivity index (χ1v) is 11.9. The van der Waals surface area contributed by atoms with E-state index in [9.17, 15) is 18.0 Å². The van der Waals surface area contributed by atoms with Crippen LogP contribution in [0.1, 0.15) is 11.1 Å². The molecule has 0 atom stereocenters. The van der Waals surface area contributed by atoms with E-state index in [0.717, 1.165) is 11.1 Å². The molecule has 1 aliphatic heterocycles. The van der Waals surface area contributed by atoms with E-state index in [2.05, 4.69) is 0 Å². The lowest BCUT2D eigenvalue weighted by Crippen LogP contribution is -2.51. The quantitative estimate of drug-likeness (QED) is 0.565. The van der Waals surface area contributed by atoms with Gasteiger partial charge in [-0.05, 0) is 49.2 Å². The van der Waals surface area contributed by atoms with Crippen LogP contribution in [0.3, 0.4) is 0 Å². The standard InChI is InChI=1S/C22H25ClN2O6S/c1-16-4-3-5-17(2)22(16)31-15-21(27)30-14-20(26)24-10-12-25(13-11-24)32(28,29)19-8-6-18(23)7-9-19/h3-9H,10-15H2,1-2H3. The zero-order chi connectivity index (χ0) is 23.3. The number of hydrogen-bond donors (Lipinski definition) is 0. The molecule has 1 aliphatic rings. The summed E-state index contributed by atoms with van der Waals surface area (Å²) in [6, 6.07) is 11.6. The van der Waals surface area contributed by atoms with E-state index >= 15 is 0 Å². The van der Waals surface area contributed by atoms with Gasteiger partial charge in [0.2, 0.25) is 10.0 Å². The first-order valence-electron chi connectivity index (χ1n) is 10.1. The van der Waals surface area contributed by atoms with E-state index in [1.807, 2.05) is 32.0 Å². The second-order valence-corrected chi connectivity index (χ2v) is 9.78. The van der Waals surface area contributed by atoms with Crippen molar-refractivity contribution < 1.29 is 27.5 Å². The topological polar surface area (TPSA) is 93.2 Å². The molecular weight excluding hydrogens is 456 g/mol. The van der Waals surface area contributed by atoms with E-state index in [1.165, 1.54) is 33.5 Å². The van der Waals surface area contributed by atoms with E-state index in [4.69, 9.17) is 21.1 Å². The Hall–Kier alpha value is -2.62. The fourth-order valence-corrected chi connectivity index (χ4v) is 4.91. The van der Waals surface area contributed by atoms with E-state index in [0.29, 0.717) is 10.8 Å². The molecule has 3 rings (SSSR count). The molecule has 0 N–H and O–H groups in total. The predicted octanol–water partition coefficient (Wildman–Crippen LogP) is 2.41. The molecule has 8 nitrogen and oxygen atoms in total. The van der Waals surface area contributed by atoms with Gasteiger partial charge in [-0.25, -0.2) is 13.2 Å². The van der Waals surface area contributed by atoms with Crippen LogP contribution < -0.4 is 4.74 Å². The van der Waals surface area contributed by atoms with Crippen LogP contribution in [0.5, 0.6) is 5.75 Å². The number of rotatable bonds is 7. The summed E-state index contributed by atoms with van der Waals surface area (Å²) < 4.78 is 37.3. The van der Waals surface area contributed by atoms with E-state index < -0.39 is 22.6 Å². The van der Waals surface area contributed by atoms with E-state index in [-0.39, 0.29) is 43.6 Å². The number of carbonyl (C=O) groups excluding carboxylic acids is 2. The zero-order valence-corrected chi connectivity index (χ0v) is 19.5. The van der Waals surface area contributed by atoms with Crippen molar-refractivity contribution in [2.45, 2.75) is 18.7 Å². The van der Waals surface area contributed by atoms with Crippen molar-refractivity contribution in [3.05, 3.63) is 58.6 Å². The average Bonchev–Trinajstić information content (AvgIpc) is 2.77. The SMILES string of the molecule is Cc1cccc(C)c1OCC(=O)OCC(=O)N1CCN(S(=O)(=O)c2ccc(Cl)cc2)CC1. The molecular formula is C22H25ClN2O6S. The maximum Gasteiger partial charge on any atom is 0.344 e. The molecule has 0 spiro atoms. The Labute approximate surface area is 192 Å². The van der Waals surface area contributed by atoms with Crippen molar-refractivity contribution in [2.24, 2.45) is 0 Å². The van der Waals surface area contributed by atoms with Gasteiger partial charge in [0, 0.05) is 31.2 Å². The average molecular weight is 481 g/mol. The van der Waals surface area contributed by atoms with Crippen LogP contribution in [-0.2, 0) is 24.3 Å². The van der Waals surface area contributed by atoms with Crippen molar-refractivity contribution in [3.8, 4) is 5.75 Å². The lowest BCUT2D eigenvalue weighted by atomic mass is 10.1. The van der Waals surface area contributed by atoms with Crippen molar-refractivity contribution in [1.82, 2.24) is 9.21 Å². The number of hydrogen-bond acceptors (Lipinski definition) is 6. The molecule has 0 aliphatic carbocycles. The summed E-state index contributed by atoms with van der Waals surface area (Å²) in [5, 5.41) is 0.452. The van der Waals surface area contributed by atoms with Crippen LogP contribution in [-0.4, -0.2) is 68.9 Å². The second kappa shape index (κ2) is 10.3. The van der Waals surface area contributed by atoms with Crippen molar-refractivity contribution >= 4 is 33.5 Å². The lowest BCUT2D eigenvalue weighted by molar-refractivity contribution is -0.154. The number of esters is 1. The predicted molar refractivity (Wildman–Crippen MR) is 119 cm³/mol. The zero-order valence-electron chi connectivity index (χ0n) is 17.9. The number of nitrogens with zero attached hydrogens (tertiary/aromatic N) is 2. The molecule has 1 amide bonds. The molecule has 0 radical (unpaired) electrons. The minimum absolute atomic E-state index is 0.152. The summed E-state index contributed by atoms with van der Waals surface area (Å²) in [5.74, 6) is -0.410. The molecule has 0 saturated carbocycles. The highest BCUT2D eigenvalue weighted by molar-refractivity contribution is 7.89. The third-order valence-electron chi connectivity index (χ3n) is 5.14. The molecule has 0 unspecified atom stereocenters. The number of aryl methyl sites for hydroxylation is 2. The first-order chi connectivity index (χ1) is 15.2. The van der Waals surface area contributed by atoms with E-state index in [1.54, 1.807) is 0 Å². The summed E-state index contributed by atoms with van der Waals surface area (Å²) in [7, 11) is -3.66. The highest BCUT2D eigenvalue weighted by Crippen LogP contribution is 2.22. The van der Waals surface area contributed by atoms with Gasteiger partial charge in [-0.3, -0.25) is 4.79 Å². The molecule has 10 heteroatoms. The Bertz CT molecular complexity index is 1060. The summed E-state index contributed by atoms with van der Waals surface area (Å²) in [6.07, 6.45) is 0. The normalized spacial score (nSPS) is 14.8. The molecule has 2 aromatic carbocycles. The molecule has 1 saturated heterocycles. The van der Waals surface area contributed by atoms with Gasteiger partial charge < -0.3 is 14.4 Å². The fourth-order valence-electron chi connectivity index (χ4n) is 3.37. The molecule has 1 fully saturated rings. The number of halogens is 1. The van der Waals surface area contributed by atoms with Gasteiger partial charge in [-0.1, -0.05) is 29.8 Å². The summed E-state index contributed by atoms with van der Waals surface area (Å²) in [5.41, 5.74) is 1.81. The summed E-state index contributed by atoms with van der Waals surface area (Å²) in [6.45, 7) is 3.77. The summed E-state index contributed by atoms with van der Waals surface area (Å²) in [4.78, 5) is 26.0. The van der Waals surface area contributed by atoms with Crippen LogP contribution >= 0.6 is 11.6 Å². The molecule has 32 heavy (non-hydrogen) atoms. The highest BCUT2D eigenvalue weighted by atomic mass is 35.5. The van der Waals surface area contributed by atoms with Gasteiger partial charge in [0.05, 0.1) is 4.90 Å². The molecule has 0 bridgehead atoms. The Kier molecular flexibility index (Phi) is 7.76. The van der Waals surface area contributed by atoms with Gasteiger partial charge >= 0.3 is 5.97 Å². The van der Waals surface area contributed by atoms with Crippen LogP contribution in [0.2, 0.25) is 5.02 Å². The molecule has 0 aromatic heterocycles. The lowest BCUT2D eigenvalue weighted by Gasteiger charge is -2.33. The monoisotopic (exact) mass is 480 g/mol. The van der Waals surface area contributed by atoms with Crippen molar-refractivity contribution in [2.75, 3.05) is 39.4 Å². The van der Waals surface area contributed by atoms with Gasteiger partial charge in [-0.2, -0.15) is 4.31 Å². The van der Waals surface area contributed by atoms with Gasteiger partial charge in [-0.15, -0.1) is 0 Å². The maximum atomic E-state index is 12.7. The third-order valence-corrected chi connectivity index (χ3v) is 7.31. The number of piperazine rings is 1. The van der Waals surface area contributed by atoms with Gasteiger partial charge in [0.1, 0.15) is 5.75 Å². The minimum Gasteiger partial charge on any atom is -0.481 e. The van der Waals surface area contributed by atoms with Crippen LogP contribution in [0.15, 0.2) is 47.4 Å². The smallest absolute Gasteiger partial charge is 0.344 e. The third kappa shape index (κ3) is 5.79. The van der Waals surface area contributed by atoms with Crippen LogP contribution in [0.25, 0.3) is 0 Å². The molecule has 172 valence electrons.